The number of rotatable bonds is 3. The Morgan fingerprint density at radius 1 is 1.53 bits per heavy atom. The summed E-state index contributed by atoms with van der Waals surface area (Å²) >= 11 is 0. The van der Waals surface area contributed by atoms with Gasteiger partial charge in [0.05, 0.1) is 4.92 Å². The molecule has 6 heteroatoms. The van der Waals surface area contributed by atoms with Crippen molar-refractivity contribution in [2.45, 2.75) is 25.3 Å². The highest BCUT2D eigenvalue weighted by atomic mass is 19.1. The van der Waals surface area contributed by atoms with Gasteiger partial charge in [0, 0.05) is 18.2 Å². The zero-order valence-electron chi connectivity index (χ0n) is 7.94. The zero-order valence-corrected chi connectivity index (χ0v) is 7.94. The maximum Gasteiger partial charge on any atom is 0.311 e. The lowest BCUT2D eigenvalue weighted by molar-refractivity contribution is -0.384. The maximum atomic E-state index is 12.8. The second-order valence-corrected chi connectivity index (χ2v) is 3.53. The van der Waals surface area contributed by atoms with E-state index in [9.17, 15) is 14.5 Å². The Labute approximate surface area is 85.5 Å². The predicted molar refractivity (Wildman–Crippen MR) is 52.1 cm³/mol. The van der Waals surface area contributed by atoms with Crippen LogP contribution in [0.25, 0.3) is 0 Å². The van der Waals surface area contributed by atoms with Crippen molar-refractivity contribution in [3.63, 3.8) is 0 Å². The monoisotopic (exact) mass is 211 g/mol. The summed E-state index contributed by atoms with van der Waals surface area (Å²) in [6.45, 7) is 0. The van der Waals surface area contributed by atoms with E-state index in [1.165, 1.54) is 0 Å². The van der Waals surface area contributed by atoms with Crippen LogP contribution in [-0.2, 0) is 0 Å². The number of halogens is 1. The molecule has 5 nitrogen and oxygen atoms in total. The minimum absolute atomic E-state index is 0.0321. The molecule has 0 amide bonds. The molecule has 1 heterocycles. The fourth-order valence-corrected chi connectivity index (χ4v) is 1.43. The van der Waals surface area contributed by atoms with Gasteiger partial charge in [-0.1, -0.05) is 0 Å². The van der Waals surface area contributed by atoms with Gasteiger partial charge >= 0.3 is 5.69 Å². The van der Waals surface area contributed by atoms with Crippen LogP contribution in [0.4, 0.5) is 15.9 Å². The molecule has 0 aromatic carbocycles. The third-order valence-corrected chi connectivity index (χ3v) is 2.48. The van der Waals surface area contributed by atoms with E-state index >= 15 is 0 Å². The van der Waals surface area contributed by atoms with Gasteiger partial charge in [-0.2, -0.15) is 9.37 Å². The summed E-state index contributed by atoms with van der Waals surface area (Å²) in [5.74, 6) is -0.674. The Hall–Kier alpha value is -1.72. The predicted octanol–water partition coefficient (Wildman–Crippen LogP) is 2.09. The number of anilines is 1. The van der Waals surface area contributed by atoms with Crippen LogP contribution in [0.2, 0.25) is 0 Å². The van der Waals surface area contributed by atoms with E-state index in [1.54, 1.807) is 0 Å². The average molecular weight is 211 g/mol. The van der Waals surface area contributed by atoms with Gasteiger partial charge in [0.2, 0.25) is 11.8 Å². The molecular formula is C9H10FN3O2. The van der Waals surface area contributed by atoms with Crippen LogP contribution in [0, 0.1) is 16.1 Å². The molecule has 1 N–H and O–H groups in total. The molecule has 0 aliphatic heterocycles. The number of hydrogen-bond acceptors (Lipinski definition) is 4. The van der Waals surface area contributed by atoms with Gasteiger partial charge in [-0.3, -0.25) is 10.1 Å². The Balaban J connectivity index is 2.24. The molecule has 0 saturated heterocycles. The molecule has 0 atom stereocenters. The fourth-order valence-electron chi connectivity index (χ4n) is 1.43. The molecule has 15 heavy (non-hydrogen) atoms. The first kappa shape index (κ1) is 9.82. The van der Waals surface area contributed by atoms with Gasteiger partial charge in [0.25, 0.3) is 0 Å². The topological polar surface area (TPSA) is 68.1 Å². The van der Waals surface area contributed by atoms with E-state index in [2.05, 4.69) is 10.3 Å². The number of nitrogens with zero attached hydrogens (tertiary/aromatic N) is 2. The minimum Gasteiger partial charge on any atom is -0.362 e. The number of hydrogen-bond donors (Lipinski definition) is 1. The first-order valence-electron chi connectivity index (χ1n) is 4.74. The zero-order chi connectivity index (χ0) is 10.8. The van der Waals surface area contributed by atoms with Gasteiger partial charge in [0.1, 0.15) is 0 Å². The molecule has 1 aromatic heterocycles. The quantitative estimate of drug-likeness (QED) is 0.472. The minimum atomic E-state index is -0.706. The lowest BCUT2D eigenvalue weighted by Gasteiger charge is -2.26. The summed E-state index contributed by atoms with van der Waals surface area (Å²) in [5.41, 5.74) is -0.177. The summed E-state index contributed by atoms with van der Waals surface area (Å²) in [6, 6.07) is 2.31. The van der Waals surface area contributed by atoms with Gasteiger partial charge in [-0.15, -0.1) is 0 Å². The lowest BCUT2D eigenvalue weighted by atomic mass is 9.93. The first-order chi connectivity index (χ1) is 7.16. The highest BCUT2D eigenvalue weighted by Gasteiger charge is 2.23. The number of pyridine rings is 1. The summed E-state index contributed by atoms with van der Waals surface area (Å²) in [7, 11) is 0. The Bertz CT molecular complexity index is 393. The Morgan fingerprint density at radius 3 is 2.80 bits per heavy atom. The van der Waals surface area contributed by atoms with Gasteiger partial charge in [-0.25, -0.2) is 0 Å². The third-order valence-electron chi connectivity index (χ3n) is 2.48. The fraction of sp³-hybridized carbons (Fsp3) is 0.444. The molecule has 2 rings (SSSR count). The van der Waals surface area contributed by atoms with Crippen molar-refractivity contribution in [2.24, 2.45) is 0 Å². The number of nitrogens with one attached hydrogen (secondary N) is 1. The Morgan fingerprint density at radius 2 is 2.27 bits per heavy atom. The summed E-state index contributed by atoms with van der Waals surface area (Å²) in [5, 5.41) is 13.5. The number of nitro groups is 1. The van der Waals surface area contributed by atoms with Crippen LogP contribution in [0.1, 0.15) is 19.3 Å². The van der Waals surface area contributed by atoms with Gasteiger partial charge in [0.15, 0.2) is 0 Å². The molecule has 1 aliphatic carbocycles. The molecule has 0 unspecified atom stereocenters. The summed E-state index contributed by atoms with van der Waals surface area (Å²) in [4.78, 5) is 13.6. The largest absolute Gasteiger partial charge is 0.362 e. The van der Waals surface area contributed by atoms with E-state index in [4.69, 9.17) is 0 Å². The first-order valence-corrected chi connectivity index (χ1v) is 4.74. The van der Waals surface area contributed by atoms with Crippen LogP contribution < -0.4 is 5.32 Å². The van der Waals surface area contributed by atoms with Gasteiger partial charge in [-0.05, 0) is 19.3 Å². The molecule has 1 aromatic rings. The van der Waals surface area contributed by atoms with Crippen molar-refractivity contribution in [2.75, 3.05) is 5.32 Å². The highest BCUT2D eigenvalue weighted by Crippen LogP contribution is 2.27. The molecule has 1 aliphatic rings. The standard InChI is InChI=1S/C9H10FN3O2/c10-8-5-4-7(13(14)15)9(12-8)11-6-2-1-3-6/h4-6H,1-3H2,(H,11,12). The van der Waals surface area contributed by atoms with Crippen molar-refractivity contribution in [3.05, 3.63) is 28.2 Å². The van der Waals surface area contributed by atoms with E-state index in [0.717, 1.165) is 31.4 Å². The normalized spacial score (nSPS) is 15.8. The molecule has 1 saturated carbocycles. The van der Waals surface area contributed by atoms with Crippen molar-refractivity contribution in [1.82, 2.24) is 4.98 Å². The van der Waals surface area contributed by atoms with Crippen LogP contribution in [-0.4, -0.2) is 15.9 Å². The van der Waals surface area contributed by atoms with Crippen molar-refractivity contribution in [3.8, 4) is 0 Å². The molecule has 0 bridgehead atoms. The number of aromatic nitrogens is 1. The second-order valence-electron chi connectivity index (χ2n) is 3.53. The summed E-state index contributed by atoms with van der Waals surface area (Å²) in [6.07, 6.45) is 3.01. The second kappa shape index (κ2) is 3.80. The molecule has 0 spiro atoms. The van der Waals surface area contributed by atoms with Crippen molar-refractivity contribution < 1.29 is 9.31 Å². The Kier molecular flexibility index (Phi) is 2.49. The van der Waals surface area contributed by atoms with E-state index in [-0.39, 0.29) is 17.5 Å². The van der Waals surface area contributed by atoms with Crippen LogP contribution >= 0.6 is 0 Å². The summed E-state index contributed by atoms with van der Waals surface area (Å²) < 4.78 is 12.8. The SMILES string of the molecule is O=[N+]([O-])c1ccc(F)nc1NC1CCC1. The smallest absolute Gasteiger partial charge is 0.311 e. The molecule has 0 radical (unpaired) electrons. The van der Waals surface area contributed by atoms with Gasteiger partial charge < -0.3 is 5.32 Å². The maximum absolute atomic E-state index is 12.8. The van der Waals surface area contributed by atoms with Crippen LogP contribution in [0.15, 0.2) is 12.1 Å². The van der Waals surface area contributed by atoms with Crippen LogP contribution in [0.5, 0.6) is 0 Å². The van der Waals surface area contributed by atoms with E-state index in [0.29, 0.717) is 0 Å². The van der Waals surface area contributed by atoms with Crippen molar-refractivity contribution >= 4 is 11.5 Å². The molecular weight excluding hydrogens is 201 g/mol. The highest BCUT2D eigenvalue weighted by molar-refractivity contribution is 5.55. The van der Waals surface area contributed by atoms with E-state index in [1.807, 2.05) is 0 Å². The lowest BCUT2D eigenvalue weighted by Crippen LogP contribution is -2.28. The molecule has 1 fully saturated rings. The van der Waals surface area contributed by atoms with Crippen LogP contribution in [0.3, 0.4) is 0 Å². The average Bonchev–Trinajstić information content (AvgIpc) is 2.11. The van der Waals surface area contributed by atoms with E-state index < -0.39 is 10.9 Å². The molecule has 80 valence electrons. The van der Waals surface area contributed by atoms with Crippen molar-refractivity contribution in [1.29, 1.82) is 0 Å². The third kappa shape index (κ3) is 2.03.